The molecule has 1 aliphatic heterocycles. The van der Waals surface area contributed by atoms with Crippen LogP contribution in [0.25, 0.3) is 11.1 Å². The molecule has 3 rings (SSSR count). The van der Waals surface area contributed by atoms with Crippen LogP contribution in [0.3, 0.4) is 0 Å². The van der Waals surface area contributed by atoms with Crippen molar-refractivity contribution in [2.75, 3.05) is 11.9 Å². The Hall–Kier alpha value is -3.61. The molecule has 7 nitrogen and oxygen atoms in total. The number of hydrogen-bond acceptors (Lipinski definition) is 7. The molecule has 1 aliphatic rings. The van der Waals surface area contributed by atoms with Gasteiger partial charge in [0.25, 0.3) is 5.79 Å². The smallest absolute Gasteiger partial charge is 0.350 e. The van der Waals surface area contributed by atoms with Crippen molar-refractivity contribution in [2.45, 2.75) is 26.6 Å². The van der Waals surface area contributed by atoms with E-state index in [0.29, 0.717) is 17.9 Å². The van der Waals surface area contributed by atoms with Gasteiger partial charge in [0.2, 0.25) is 0 Å². The molecular weight excluding hydrogens is 374 g/mol. The molecule has 29 heavy (non-hydrogen) atoms. The van der Waals surface area contributed by atoms with Crippen LogP contribution in [-0.4, -0.2) is 30.3 Å². The fraction of sp³-hybridized carbons (Fsp3) is 0.227. The lowest BCUT2D eigenvalue weighted by Gasteiger charge is -2.29. The van der Waals surface area contributed by atoms with E-state index >= 15 is 0 Å². The maximum atomic E-state index is 11.9. The highest BCUT2D eigenvalue weighted by atomic mass is 16.7. The Bertz CT molecular complexity index is 936. The van der Waals surface area contributed by atoms with Gasteiger partial charge >= 0.3 is 17.9 Å². The largest absolute Gasteiger partial charge is 0.462 e. The minimum Gasteiger partial charge on any atom is -0.462 e. The predicted octanol–water partition coefficient (Wildman–Crippen LogP) is 3.66. The molecule has 2 aromatic carbocycles. The molecule has 1 heterocycles. The van der Waals surface area contributed by atoms with E-state index in [1.165, 1.54) is 20.0 Å². The SMILES string of the molecule is CCOC(=O)c1ccc(-c2ccc(NC=C3C(=O)OC(C)(C)OC3=O)cc2)cc1. The second kappa shape index (κ2) is 8.18. The number of carbonyl (C=O) groups excluding carboxylic acids is 3. The van der Waals surface area contributed by atoms with Crippen LogP contribution in [0.15, 0.2) is 60.3 Å². The number of nitrogens with one attached hydrogen (secondary N) is 1. The third-order valence-electron chi connectivity index (χ3n) is 4.11. The lowest BCUT2D eigenvalue weighted by molar-refractivity contribution is -0.222. The molecule has 0 unspecified atom stereocenters. The maximum Gasteiger partial charge on any atom is 0.350 e. The van der Waals surface area contributed by atoms with Crippen molar-refractivity contribution >= 4 is 23.6 Å². The zero-order valence-corrected chi connectivity index (χ0v) is 16.4. The molecule has 7 heteroatoms. The molecule has 150 valence electrons. The van der Waals surface area contributed by atoms with Gasteiger partial charge < -0.3 is 19.5 Å². The number of esters is 3. The highest BCUT2D eigenvalue weighted by molar-refractivity contribution is 6.15. The first-order chi connectivity index (χ1) is 13.8. The van der Waals surface area contributed by atoms with Crippen LogP contribution >= 0.6 is 0 Å². The van der Waals surface area contributed by atoms with Crippen molar-refractivity contribution in [3.05, 3.63) is 65.9 Å². The zero-order valence-electron chi connectivity index (χ0n) is 16.4. The van der Waals surface area contributed by atoms with Crippen LogP contribution in [-0.2, 0) is 23.8 Å². The van der Waals surface area contributed by atoms with Crippen LogP contribution < -0.4 is 5.32 Å². The van der Waals surface area contributed by atoms with E-state index in [1.54, 1.807) is 31.2 Å². The monoisotopic (exact) mass is 395 g/mol. The number of benzene rings is 2. The van der Waals surface area contributed by atoms with Gasteiger partial charge in [-0.05, 0) is 42.3 Å². The Morgan fingerprint density at radius 3 is 2.00 bits per heavy atom. The Labute approximate surface area is 168 Å². The standard InChI is InChI=1S/C22H21NO6/c1-4-27-19(24)16-7-5-14(6-8-16)15-9-11-17(12-10-15)23-13-18-20(25)28-22(2,3)29-21(18)26/h5-13,23H,4H2,1-3H3. The molecule has 0 spiro atoms. The van der Waals surface area contributed by atoms with Gasteiger partial charge in [-0.25, -0.2) is 14.4 Å². The third kappa shape index (κ3) is 4.82. The summed E-state index contributed by atoms with van der Waals surface area (Å²) in [6.07, 6.45) is 1.27. The minimum atomic E-state index is -1.27. The molecule has 0 atom stereocenters. The van der Waals surface area contributed by atoms with E-state index in [9.17, 15) is 14.4 Å². The van der Waals surface area contributed by atoms with E-state index in [2.05, 4.69) is 5.32 Å². The first-order valence-electron chi connectivity index (χ1n) is 9.10. The molecular formula is C22H21NO6. The average Bonchev–Trinajstić information content (AvgIpc) is 2.67. The lowest BCUT2D eigenvalue weighted by Crippen LogP contribution is -2.42. The molecule has 1 saturated heterocycles. The van der Waals surface area contributed by atoms with Gasteiger partial charge in [0, 0.05) is 25.7 Å². The van der Waals surface area contributed by atoms with Crippen LogP contribution in [0.1, 0.15) is 31.1 Å². The first-order valence-corrected chi connectivity index (χ1v) is 9.10. The second-order valence-corrected chi connectivity index (χ2v) is 6.76. The topological polar surface area (TPSA) is 90.9 Å². The molecule has 0 aliphatic carbocycles. The van der Waals surface area contributed by atoms with Gasteiger partial charge in [-0.3, -0.25) is 0 Å². The predicted molar refractivity (Wildman–Crippen MR) is 106 cm³/mol. The lowest BCUT2D eigenvalue weighted by atomic mass is 10.0. The third-order valence-corrected chi connectivity index (χ3v) is 4.11. The summed E-state index contributed by atoms with van der Waals surface area (Å²) in [6.45, 7) is 5.08. The fourth-order valence-electron chi connectivity index (χ4n) is 2.71. The van der Waals surface area contributed by atoms with Crippen LogP contribution in [0.2, 0.25) is 0 Å². The molecule has 0 bridgehead atoms. The molecule has 0 amide bonds. The van der Waals surface area contributed by atoms with Crippen molar-refractivity contribution in [1.82, 2.24) is 0 Å². The van der Waals surface area contributed by atoms with Crippen molar-refractivity contribution in [3.8, 4) is 11.1 Å². The number of cyclic esters (lactones) is 2. The van der Waals surface area contributed by atoms with Crippen molar-refractivity contribution < 1.29 is 28.6 Å². The Kier molecular flexibility index (Phi) is 5.68. The van der Waals surface area contributed by atoms with E-state index in [1.807, 2.05) is 24.3 Å². The highest BCUT2D eigenvalue weighted by Gasteiger charge is 2.38. The molecule has 2 aromatic rings. The van der Waals surface area contributed by atoms with E-state index in [4.69, 9.17) is 14.2 Å². The fourth-order valence-corrected chi connectivity index (χ4v) is 2.71. The van der Waals surface area contributed by atoms with Crippen molar-refractivity contribution in [1.29, 1.82) is 0 Å². The molecule has 0 saturated carbocycles. The van der Waals surface area contributed by atoms with Crippen molar-refractivity contribution in [3.63, 3.8) is 0 Å². The Morgan fingerprint density at radius 1 is 0.966 bits per heavy atom. The highest BCUT2D eigenvalue weighted by Crippen LogP contribution is 2.24. The number of ether oxygens (including phenoxy) is 3. The summed E-state index contributed by atoms with van der Waals surface area (Å²) in [7, 11) is 0. The van der Waals surface area contributed by atoms with Gasteiger partial charge in [-0.2, -0.15) is 0 Å². The van der Waals surface area contributed by atoms with Crippen LogP contribution in [0.4, 0.5) is 5.69 Å². The number of hydrogen-bond donors (Lipinski definition) is 1. The van der Waals surface area contributed by atoms with Crippen LogP contribution in [0, 0.1) is 0 Å². The average molecular weight is 395 g/mol. The summed E-state index contributed by atoms with van der Waals surface area (Å²) in [5.41, 5.74) is 2.84. The quantitative estimate of drug-likeness (QED) is 0.469. The van der Waals surface area contributed by atoms with Gasteiger partial charge in [-0.15, -0.1) is 0 Å². The number of rotatable bonds is 5. The zero-order chi connectivity index (χ0) is 21.0. The second-order valence-electron chi connectivity index (χ2n) is 6.76. The molecule has 0 aromatic heterocycles. The van der Waals surface area contributed by atoms with Gasteiger partial charge in [0.05, 0.1) is 12.2 Å². The Balaban J connectivity index is 1.68. The van der Waals surface area contributed by atoms with E-state index in [0.717, 1.165) is 11.1 Å². The van der Waals surface area contributed by atoms with E-state index in [-0.39, 0.29) is 11.5 Å². The van der Waals surface area contributed by atoms with Crippen molar-refractivity contribution in [2.24, 2.45) is 0 Å². The van der Waals surface area contributed by atoms with Gasteiger partial charge in [0.15, 0.2) is 5.57 Å². The van der Waals surface area contributed by atoms with Gasteiger partial charge in [0.1, 0.15) is 0 Å². The summed E-state index contributed by atoms with van der Waals surface area (Å²) >= 11 is 0. The molecule has 1 N–H and O–H groups in total. The van der Waals surface area contributed by atoms with E-state index < -0.39 is 17.7 Å². The summed E-state index contributed by atoms with van der Waals surface area (Å²) in [5, 5.41) is 2.89. The summed E-state index contributed by atoms with van der Waals surface area (Å²) in [5.74, 6) is -3.10. The molecule has 0 radical (unpaired) electrons. The summed E-state index contributed by atoms with van der Waals surface area (Å²) < 4.78 is 15.1. The maximum absolute atomic E-state index is 11.9. The van der Waals surface area contributed by atoms with Crippen LogP contribution in [0.5, 0.6) is 0 Å². The normalized spacial score (nSPS) is 15.2. The van der Waals surface area contributed by atoms with Gasteiger partial charge in [-0.1, -0.05) is 24.3 Å². The summed E-state index contributed by atoms with van der Waals surface area (Å²) in [6, 6.07) is 14.5. The Morgan fingerprint density at radius 2 is 1.48 bits per heavy atom. The minimum absolute atomic E-state index is 0.206. The summed E-state index contributed by atoms with van der Waals surface area (Å²) in [4.78, 5) is 35.6. The number of anilines is 1. The number of carbonyl (C=O) groups is 3. The molecule has 1 fully saturated rings. The first kappa shape index (κ1) is 20.1.